The molecular formula is C12H11FN4O. The number of aromatic nitrogens is 2. The average Bonchev–Trinajstić information content (AvgIpc) is 2.38. The van der Waals surface area contributed by atoms with E-state index in [2.05, 4.69) is 9.97 Å². The van der Waals surface area contributed by atoms with Crippen LogP contribution in [0.1, 0.15) is 11.3 Å². The van der Waals surface area contributed by atoms with Gasteiger partial charge >= 0.3 is 6.01 Å². The first kappa shape index (κ1) is 12.0. The van der Waals surface area contributed by atoms with Crippen molar-refractivity contribution >= 4 is 5.84 Å². The first-order chi connectivity index (χ1) is 8.66. The fourth-order valence-electron chi connectivity index (χ4n) is 1.32. The lowest BCUT2D eigenvalue weighted by Crippen LogP contribution is -2.14. The second-order valence-electron chi connectivity index (χ2n) is 3.52. The van der Waals surface area contributed by atoms with Gasteiger partial charge in [-0.2, -0.15) is 4.98 Å². The highest BCUT2D eigenvalue weighted by molar-refractivity contribution is 5.92. The molecule has 0 unspecified atom stereocenters. The fourth-order valence-corrected chi connectivity index (χ4v) is 1.32. The Morgan fingerprint density at radius 2 is 2.11 bits per heavy atom. The van der Waals surface area contributed by atoms with Crippen LogP contribution in [0.5, 0.6) is 6.01 Å². The van der Waals surface area contributed by atoms with Crippen LogP contribution < -0.4 is 10.5 Å². The second-order valence-corrected chi connectivity index (χ2v) is 3.52. The molecule has 0 aliphatic heterocycles. The maximum absolute atomic E-state index is 13.3. The summed E-state index contributed by atoms with van der Waals surface area (Å²) in [5.41, 5.74) is 5.97. The number of benzene rings is 1. The van der Waals surface area contributed by atoms with E-state index in [1.54, 1.807) is 18.2 Å². The van der Waals surface area contributed by atoms with Gasteiger partial charge in [0.25, 0.3) is 0 Å². The molecule has 0 aliphatic rings. The van der Waals surface area contributed by atoms with Crippen molar-refractivity contribution in [1.82, 2.24) is 9.97 Å². The molecule has 5 nitrogen and oxygen atoms in total. The lowest BCUT2D eigenvalue weighted by atomic mass is 10.2. The van der Waals surface area contributed by atoms with Gasteiger partial charge < -0.3 is 10.5 Å². The van der Waals surface area contributed by atoms with Crippen molar-refractivity contribution < 1.29 is 9.13 Å². The molecule has 0 fully saturated rings. The van der Waals surface area contributed by atoms with Crippen molar-refractivity contribution in [3.8, 4) is 6.01 Å². The Morgan fingerprint density at radius 1 is 1.33 bits per heavy atom. The second kappa shape index (κ2) is 5.22. The summed E-state index contributed by atoms with van der Waals surface area (Å²) in [4.78, 5) is 7.77. The van der Waals surface area contributed by atoms with Crippen LogP contribution in [0.2, 0.25) is 0 Å². The molecule has 3 N–H and O–H groups in total. The minimum Gasteiger partial charge on any atom is -0.458 e. The molecular weight excluding hydrogens is 235 g/mol. The zero-order valence-electron chi connectivity index (χ0n) is 9.43. The van der Waals surface area contributed by atoms with Crippen molar-refractivity contribution in [1.29, 1.82) is 5.41 Å². The number of nitrogen functional groups attached to an aromatic ring is 1. The predicted molar refractivity (Wildman–Crippen MR) is 63.8 cm³/mol. The Balaban J connectivity index is 2.09. The van der Waals surface area contributed by atoms with Gasteiger partial charge in [0, 0.05) is 11.8 Å². The molecule has 2 aromatic rings. The van der Waals surface area contributed by atoms with Crippen LogP contribution in [0.25, 0.3) is 0 Å². The summed E-state index contributed by atoms with van der Waals surface area (Å²) in [5.74, 6) is -0.520. The lowest BCUT2D eigenvalue weighted by Gasteiger charge is -2.06. The number of hydrogen-bond donors (Lipinski definition) is 2. The minimum atomic E-state index is -0.347. The zero-order chi connectivity index (χ0) is 13.0. The molecule has 0 radical (unpaired) electrons. The first-order valence-electron chi connectivity index (χ1n) is 5.20. The highest BCUT2D eigenvalue weighted by atomic mass is 19.1. The number of nitrogens with one attached hydrogen (secondary N) is 1. The maximum atomic E-state index is 13.3. The highest BCUT2D eigenvalue weighted by Crippen LogP contribution is 2.10. The highest BCUT2D eigenvalue weighted by Gasteiger charge is 2.05. The third-order valence-electron chi connectivity index (χ3n) is 2.22. The van der Waals surface area contributed by atoms with Gasteiger partial charge in [-0.05, 0) is 12.1 Å². The van der Waals surface area contributed by atoms with Crippen LogP contribution >= 0.6 is 0 Å². The van der Waals surface area contributed by atoms with E-state index < -0.39 is 0 Å². The zero-order valence-corrected chi connectivity index (χ0v) is 9.43. The number of nitrogens with two attached hydrogens (primary N) is 1. The van der Waals surface area contributed by atoms with Gasteiger partial charge in [0.15, 0.2) is 0 Å². The maximum Gasteiger partial charge on any atom is 0.317 e. The van der Waals surface area contributed by atoms with Gasteiger partial charge in [0.1, 0.15) is 24.0 Å². The molecule has 0 saturated carbocycles. The minimum absolute atomic E-state index is 0.0219. The summed E-state index contributed by atoms with van der Waals surface area (Å²) in [5, 5.41) is 7.23. The van der Waals surface area contributed by atoms with Gasteiger partial charge in [-0.3, -0.25) is 5.41 Å². The molecule has 0 spiro atoms. The van der Waals surface area contributed by atoms with Crippen LogP contribution in [-0.2, 0) is 6.61 Å². The lowest BCUT2D eigenvalue weighted by molar-refractivity contribution is 0.275. The van der Waals surface area contributed by atoms with Crippen molar-refractivity contribution in [3.63, 3.8) is 0 Å². The summed E-state index contributed by atoms with van der Waals surface area (Å²) in [6, 6.07) is 7.85. The van der Waals surface area contributed by atoms with E-state index in [4.69, 9.17) is 15.9 Å². The quantitative estimate of drug-likeness (QED) is 0.632. The van der Waals surface area contributed by atoms with Crippen LogP contribution in [-0.4, -0.2) is 15.8 Å². The fraction of sp³-hybridized carbons (Fsp3) is 0.0833. The summed E-state index contributed by atoms with van der Waals surface area (Å²) in [6.07, 6.45) is 1.43. The molecule has 1 heterocycles. The number of hydrogen-bond acceptors (Lipinski definition) is 4. The Bertz CT molecular complexity index is 574. The van der Waals surface area contributed by atoms with Gasteiger partial charge in [-0.1, -0.05) is 18.2 Å². The summed E-state index contributed by atoms with van der Waals surface area (Å²) in [6.45, 7) is 0.0219. The number of ether oxygens (including phenoxy) is 1. The SMILES string of the molecule is N=C(N)c1ccnc(OCc2ccccc2F)n1. The Hall–Kier alpha value is -2.50. The summed E-state index contributed by atoms with van der Waals surface area (Å²) >= 11 is 0. The molecule has 2 rings (SSSR count). The van der Waals surface area contributed by atoms with Crippen molar-refractivity contribution in [2.45, 2.75) is 6.61 Å². The van der Waals surface area contributed by atoms with E-state index in [0.29, 0.717) is 5.56 Å². The Kier molecular flexibility index (Phi) is 3.47. The van der Waals surface area contributed by atoms with Crippen molar-refractivity contribution in [3.05, 3.63) is 53.6 Å². The number of amidine groups is 1. The molecule has 18 heavy (non-hydrogen) atoms. The Labute approximate surface area is 103 Å². The van der Waals surface area contributed by atoms with Crippen LogP contribution in [0.3, 0.4) is 0 Å². The number of halogens is 1. The van der Waals surface area contributed by atoms with E-state index in [0.717, 1.165) is 0 Å². The van der Waals surface area contributed by atoms with E-state index in [1.807, 2.05) is 0 Å². The molecule has 0 atom stereocenters. The molecule has 1 aromatic heterocycles. The smallest absolute Gasteiger partial charge is 0.317 e. The summed E-state index contributed by atoms with van der Waals surface area (Å²) in [7, 11) is 0. The third kappa shape index (κ3) is 2.79. The molecule has 0 saturated heterocycles. The first-order valence-corrected chi connectivity index (χ1v) is 5.20. The van der Waals surface area contributed by atoms with Crippen molar-refractivity contribution in [2.75, 3.05) is 0 Å². The monoisotopic (exact) mass is 246 g/mol. The molecule has 6 heteroatoms. The van der Waals surface area contributed by atoms with E-state index >= 15 is 0 Å². The standard InChI is InChI=1S/C12H11FN4O/c13-9-4-2-1-3-8(9)7-18-12-16-6-5-10(17-12)11(14)15/h1-6H,7H2,(H3,14,15). The van der Waals surface area contributed by atoms with Crippen LogP contribution in [0.4, 0.5) is 4.39 Å². The molecule has 0 amide bonds. The van der Waals surface area contributed by atoms with E-state index in [1.165, 1.54) is 18.3 Å². The predicted octanol–water partition coefficient (Wildman–Crippen LogP) is 1.48. The number of rotatable bonds is 4. The summed E-state index contributed by atoms with van der Waals surface area (Å²) < 4.78 is 18.6. The Morgan fingerprint density at radius 3 is 2.83 bits per heavy atom. The average molecular weight is 246 g/mol. The topological polar surface area (TPSA) is 84.9 Å². The third-order valence-corrected chi connectivity index (χ3v) is 2.22. The molecule has 92 valence electrons. The van der Waals surface area contributed by atoms with E-state index in [-0.39, 0.29) is 30.0 Å². The van der Waals surface area contributed by atoms with Gasteiger partial charge in [0.05, 0.1) is 0 Å². The van der Waals surface area contributed by atoms with Crippen LogP contribution in [0, 0.1) is 11.2 Å². The largest absolute Gasteiger partial charge is 0.458 e. The molecule has 0 aliphatic carbocycles. The molecule has 0 bridgehead atoms. The normalized spacial score (nSPS) is 10.1. The molecule has 1 aromatic carbocycles. The van der Waals surface area contributed by atoms with E-state index in [9.17, 15) is 4.39 Å². The van der Waals surface area contributed by atoms with Gasteiger partial charge in [-0.25, -0.2) is 9.37 Å². The number of nitrogens with zero attached hydrogens (tertiary/aromatic N) is 2. The van der Waals surface area contributed by atoms with Crippen LogP contribution in [0.15, 0.2) is 36.5 Å². The van der Waals surface area contributed by atoms with Gasteiger partial charge in [-0.15, -0.1) is 0 Å². The van der Waals surface area contributed by atoms with Gasteiger partial charge in [0.2, 0.25) is 0 Å². The van der Waals surface area contributed by atoms with Crippen molar-refractivity contribution in [2.24, 2.45) is 5.73 Å².